The van der Waals surface area contributed by atoms with Crippen LogP contribution >= 0.6 is 11.3 Å². The van der Waals surface area contributed by atoms with E-state index in [4.69, 9.17) is 11.5 Å². The van der Waals surface area contributed by atoms with Gasteiger partial charge in [-0.3, -0.25) is 14.4 Å². The van der Waals surface area contributed by atoms with E-state index >= 15 is 0 Å². The van der Waals surface area contributed by atoms with E-state index in [9.17, 15) is 14.4 Å². The molecular weight excluding hydrogens is 316 g/mol. The van der Waals surface area contributed by atoms with Crippen LogP contribution < -0.4 is 22.1 Å². The second-order valence-electron chi connectivity index (χ2n) is 5.45. The first kappa shape index (κ1) is 19.1. The largest absolute Gasteiger partial charge is 0.368 e. The Morgan fingerprint density at radius 3 is 2.52 bits per heavy atom. The first-order valence-electron chi connectivity index (χ1n) is 7.49. The van der Waals surface area contributed by atoms with Crippen molar-refractivity contribution >= 4 is 29.1 Å². The third-order valence-electron chi connectivity index (χ3n) is 3.57. The lowest BCUT2D eigenvalue weighted by atomic mass is 9.97. The van der Waals surface area contributed by atoms with Gasteiger partial charge in [0.05, 0.1) is 12.6 Å². The molecule has 0 aliphatic rings. The van der Waals surface area contributed by atoms with Gasteiger partial charge in [-0.05, 0) is 17.4 Å². The van der Waals surface area contributed by atoms with Gasteiger partial charge >= 0.3 is 0 Å². The van der Waals surface area contributed by atoms with E-state index in [0.29, 0.717) is 12.8 Å². The highest BCUT2D eigenvalue weighted by Gasteiger charge is 2.28. The van der Waals surface area contributed by atoms with E-state index < -0.39 is 29.8 Å². The SMILES string of the molecule is CCC(C)C(NC(=O)C(N)Cc1cccs1)C(=O)NCC(N)=O. The van der Waals surface area contributed by atoms with Crippen molar-refractivity contribution in [3.63, 3.8) is 0 Å². The lowest BCUT2D eigenvalue weighted by molar-refractivity contribution is -0.131. The van der Waals surface area contributed by atoms with E-state index in [0.717, 1.165) is 4.88 Å². The Bertz CT molecular complexity index is 533. The zero-order chi connectivity index (χ0) is 17.4. The normalized spacial score (nSPS) is 14.6. The highest BCUT2D eigenvalue weighted by atomic mass is 32.1. The minimum Gasteiger partial charge on any atom is -0.368 e. The average molecular weight is 340 g/mol. The van der Waals surface area contributed by atoms with E-state index in [1.165, 1.54) is 11.3 Å². The second kappa shape index (κ2) is 9.26. The minimum absolute atomic E-state index is 0.0965. The van der Waals surface area contributed by atoms with Crippen molar-refractivity contribution in [2.24, 2.45) is 17.4 Å². The van der Waals surface area contributed by atoms with E-state index in [1.54, 1.807) is 0 Å². The summed E-state index contributed by atoms with van der Waals surface area (Å²) in [5.41, 5.74) is 10.9. The van der Waals surface area contributed by atoms with Crippen LogP contribution in [0.25, 0.3) is 0 Å². The predicted octanol–water partition coefficient (Wildman–Crippen LogP) is -0.250. The smallest absolute Gasteiger partial charge is 0.243 e. The Labute approximate surface area is 139 Å². The fraction of sp³-hybridized carbons (Fsp3) is 0.533. The molecule has 0 radical (unpaired) electrons. The van der Waals surface area contributed by atoms with Gasteiger partial charge in [0, 0.05) is 11.3 Å². The maximum Gasteiger partial charge on any atom is 0.243 e. The summed E-state index contributed by atoms with van der Waals surface area (Å²) < 4.78 is 0. The highest BCUT2D eigenvalue weighted by Crippen LogP contribution is 2.12. The van der Waals surface area contributed by atoms with Crippen molar-refractivity contribution < 1.29 is 14.4 Å². The van der Waals surface area contributed by atoms with Crippen LogP contribution in [-0.2, 0) is 20.8 Å². The van der Waals surface area contributed by atoms with Crippen LogP contribution in [0.3, 0.4) is 0 Å². The first-order chi connectivity index (χ1) is 10.8. The molecule has 3 atom stereocenters. The van der Waals surface area contributed by atoms with Gasteiger partial charge in [0.1, 0.15) is 6.04 Å². The summed E-state index contributed by atoms with van der Waals surface area (Å²) >= 11 is 1.53. The number of carbonyl (C=O) groups is 3. The quantitative estimate of drug-likeness (QED) is 0.494. The Kier molecular flexibility index (Phi) is 7.70. The first-order valence-corrected chi connectivity index (χ1v) is 8.37. The molecule has 8 heteroatoms. The number of hydrogen-bond acceptors (Lipinski definition) is 5. The molecular formula is C15H24N4O3S. The molecule has 7 nitrogen and oxygen atoms in total. The Morgan fingerprint density at radius 1 is 1.30 bits per heavy atom. The third-order valence-corrected chi connectivity index (χ3v) is 4.47. The molecule has 1 rings (SSSR count). The summed E-state index contributed by atoms with van der Waals surface area (Å²) in [6.07, 6.45) is 1.11. The molecule has 0 saturated carbocycles. The van der Waals surface area contributed by atoms with E-state index in [-0.39, 0.29) is 12.5 Å². The zero-order valence-electron chi connectivity index (χ0n) is 13.4. The monoisotopic (exact) mass is 340 g/mol. The molecule has 3 unspecified atom stereocenters. The van der Waals surface area contributed by atoms with Crippen LogP contribution in [0.15, 0.2) is 17.5 Å². The topological polar surface area (TPSA) is 127 Å². The molecule has 0 spiro atoms. The van der Waals surface area contributed by atoms with Crippen LogP contribution in [0.4, 0.5) is 0 Å². The molecule has 0 fully saturated rings. The third kappa shape index (κ3) is 6.37. The molecule has 0 saturated heterocycles. The van der Waals surface area contributed by atoms with E-state index in [1.807, 2.05) is 31.4 Å². The number of nitrogens with two attached hydrogens (primary N) is 2. The fourth-order valence-corrected chi connectivity index (χ4v) is 2.75. The summed E-state index contributed by atoms with van der Waals surface area (Å²) in [7, 11) is 0. The molecule has 6 N–H and O–H groups in total. The lowest BCUT2D eigenvalue weighted by Crippen LogP contribution is -2.55. The van der Waals surface area contributed by atoms with E-state index in [2.05, 4.69) is 10.6 Å². The molecule has 0 aliphatic carbocycles. The second-order valence-corrected chi connectivity index (χ2v) is 6.48. The number of rotatable bonds is 9. The maximum atomic E-state index is 12.2. The summed E-state index contributed by atoms with van der Waals surface area (Å²) in [5.74, 6) is -1.56. The van der Waals surface area contributed by atoms with Gasteiger partial charge in [-0.2, -0.15) is 0 Å². The highest BCUT2D eigenvalue weighted by molar-refractivity contribution is 7.09. The number of amides is 3. The van der Waals surface area contributed by atoms with Crippen molar-refractivity contribution in [2.45, 2.75) is 38.8 Å². The number of hydrogen-bond donors (Lipinski definition) is 4. The molecule has 0 aliphatic heterocycles. The summed E-state index contributed by atoms with van der Waals surface area (Å²) in [6, 6.07) is 2.32. The van der Waals surface area contributed by atoms with Crippen LogP contribution in [-0.4, -0.2) is 36.3 Å². The Balaban J connectivity index is 2.66. The van der Waals surface area contributed by atoms with Crippen molar-refractivity contribution in [3.8, 4) is 0 Å². The number of carbonyl (C=O) groups excluding carboxylic acids is 3. The molecule has 1 heterocycles. The molecule has 3 amide bonds. The summed E-state index contributed by atoms with van der Waals surface area (Å²) in [5, 5.41) is 7.02. The maximum absolute atomic E-state index is 12.2. The minimum atomic E-state index is -0.749. The van der Waals surface area contributed by atoms with Gasteiger partial charge in [0.15, 0.2) is 0 Å². The summed E-state index contributed by atoms with van der Waals surface area (Å²) in [6.45, 7) is 3.50. The van der Waals surface area contributed by atoms with Gasteiger partial charge in [-0.15, -0.1) is 11.3 Å². The molecule has 0 bridgehead atoms. The average Bonchev–Trinajstić information content (AvgIpc) is 3.01. The van der Waals surface area contributed by atoms with Gasteiger partial charge in [-0.1, -0.05) is 26.3 Å². The van der Waals surface area contributed by atoms with Crippen LogP contribution in [0.1, 0.15) is 25.1 Å². The zero-order valence-corrected chi connectivity index (χ0v) is 14.2. The van der Waals surface area contributed by atoms with Crippen LogP contribution in [0, 0.1) is 5.92 Å². The van der Waals surface area contributed by atoms with Crippen LogP contribution in [0.2, 0.25) is 0 Å². The predicted molar refractivity (Wildman–Crippen MR) is 89.6 cm³/mol. The van der Waals surface area contributed by atoms with Crippen molar-refractivity contribution in [1.82, 2.24) is 10.6 Å². The van der Waals surface area contributed by atoms with Crippen molar-refractivity contribution in [1.29, 1.82) is 0 Å². The number of thiophene rings is 1. The van der Waals surface area contributed by atoms with Gasteiger partial charge < -0.3 is 22.1 Å². The standard InChI is InChI=1S/C15H24N4O3S/c1-3-9(2)13(15(22)18-8-12(17)20)19-14(21)11(16)7-10-5-4-6-23-10/h4-6,9,11,13H,3,7-8,16H2,1-2H3,(H2,17,20)(H,18,22)(H,19,21). The molecule has 0 aromatic carbocycles. The molecule has 128 valence electrons. The Hall–Kier alpha value is -1.93. The summed E-state index contributed by atoms with van der Waals surface area (Å²) in [4.78, 5) is 36.2. The lowest BCUT2D eigenvalue weighted by Gasteiger charge is -2.24. The molecule has 1 aromatic heterocycles. The molecule has 23 heavy (non-hydrogen) atoms. The van der Waals surface area contributed by atoms with Crippen LogP contribution in [0.5, 0.6) is 0 Å². The number of primary amides is 1. The number of nitrogens with one attached hydrogen (secondary N) is 2. The van der Waals surface area contributed by atoms with Gasteiger partial charge in [0.2, 0.25) is 17.7 Å². The van der Waals surface area contributed by atoms with Crippen molar-refractivity contribution in [3.05, 3.63) is 22.4 Å². The Morgan fingerprint density at radius 2 is 2.00 bits per heavy atom. The molecule has 1 aromatic rings. The fourth-order valence-electron chi connectivity index (χ4n) is 1.98. The van der Waals surface area contributed by atoms with Gasteiger partial charge in [-0.25, -0.2) is 0 Å². The van der Waals surface area contributed by atoms with Gasteiger partial charge in [0.25, 0.3) is 0 Å². The van der Waals surface area contributed by atoms with Crippen molar-refractivity contribution in [2.75, 3.05) is 6.54 Å².